The van der Waals surface area contributed by atoms with Gasteiger partial charge in [-0.25, -0.2) is 14.4 Å². The van der Waals surface area contributed by atoms with Gasteiger partial charge in [0.25, 0.3) is 0 Å². The Morgan fingerprint density at radius 2 is 1.94 bits per heavy atom. The minimum absolute atomic E-state index is 0. The highest BCUT2D eigenvalue weighted by atomic mass is 127. The topological polar surface area (TPSA) is 78.8 Å². The summed E-state index contributed by atoms with van der Waals surface area (Å²) in [6.07, 6.45) is 4.46. The summed E-state index contributed by atoms with van der Waals surface area (Å²) in [4.78, 5) is 8.92. The lowest BCUT2D eigenvalue weighted by molar-refractivity contribution is 0.169. The normalized spacial score (nSPS) is 11.6. The van der Waals surface area contributed by atoms with E-state index in [9.17, 15) is 9.50 Å². The predicted molar refractivity (Wildman–Crippen MR) is 134 cm³/mol. The van der Waals surface area contributed by atoms with E-state index in [1.54, 1.807) is 24.4 Å². The van der Waals surface area contributed by atoms with Crippen LogP contribution in [0.25, 0.3) is 0 Å². The second kappa shape index (κ2) is 14.2. The number of nitrogens with one attached hydrogen (secondary N) is 2. The van der Waals surface area contributed by atoms with E-state index in [1.165, 1.54) is 12.1 Å². The summed E-state index contributed by atoms with van der Waals surface area (Å²) in [6, 6.07) is 9.60. The number of nitrogens with zero attached hydrogens (tertiary/aromatic N) is 2. The molecule has 0 radical (unpaired) electrons. The number of aromatic nitrogens is 1. The van der Waals surface area contributed by atoms with E-state index in [1.807, 2.05) is 13.0 Å². The second-order valence-electron chi connectivity index (χ2n) is 7.29. The monoisotopic (exact) mass is 544 g/mol. The minimum atomic E-state index is -0.351. The average molecular weight is 544 g/mol. The molecule has 2 rings (SSSR count). The number of rotatable bonds is 11. The number of guanidine groups is 1. The summed E-state index contributed by atoms with van der Waals surface area (Å²) in [5.41, 5.74) is 0.994. The molecule has 1 aromatic heterocycles. The quantitative estimate of drug-likeness (QED) is 0.214. The fourth-order valence-electron chi connectivity index (χ4n) is 3.18. The molecule has 0 aliphatic carbocycles. The highest BCUT2D eigenvalue weighted by molar-refractivity contribution is 14.0. The second-order valence-corrected chi connectivity index (χ2v) is 7.29. The van der Waals surface area contributed by atoms with E-state index in [-0.39, 0.29) is 41.8 Å². The number of hydrogen-bond acceptors (Lipinski definition) is 4. The van der Waals surface area contributed by atoms with Crippen molar-refractivity contribution in [2.24, 2.45) is 10.4 Å². The van der Waals surface area contributed by atoms with Gasteiger partial charge in [0, 0.05) is 38.0 Å². The lowest BCUT2D eigenvalue weighted by atomic mass is 9.79. The van der Waals surface area contributed by atoms with E-state index < -0.39 is 0 Å². The van der Waals surface area contributed by atoms with Crippen LogP contribution in [0.2, 0.25) is 0 Å². The van der Waals surface area contributed by atoms with Crippen LogP contribution in [0.5, 0.6) is 11.6 Å². The Morgan fingerprint density at radius 1 is 1.16 bits per heavy atom. The van der Waals surface area contributed by atoms with Crippen LogP contribution in [0.15, 0.2) is 47.6 Å². The van der Waals surface area contributed by atoms with Gasteiger partial charge >= 0.3 is 0 Å². The Bertz CT molecular complexity index is 798. The van der Waals surface area contributed by atoms with Crippen molar-refractivity contribution in [1.82, 2.24) is 15.6 Å². The molecular formula is C23H34FIN4O2. The molecule has 0 saturated carbocycles. The van der Waals surface area contributed by atoms with Crippen molar-refractivity contribution in [1.29, 1.82) is 0 Å². The molecule has 3 N–H and O–H groups in total. The smallest absolute Gasteiger partial charge is 0.219 e. The third kappa shape index (κ3) is 8.98. The van der Waals surface area contributed by atoms with Crippen molar-refractivity contribution in [3.63, 3.8) is 0 Å². The summed E-state index contributed by atoms with van der Waals surface area (Å²) in [5.74, 6) is 1.20. The Kier molecular flexibility index (Phi) is 12.4. The molecule has 31 heavy (non-hydrogen) atoms. The lowest BCUT2D eigenvalue weighted by Gasteiger charge is -2.32. The van der Waals surface area contributed by atoms with Gasteiger partial charge < -0.3 is 20.5 Å². The van der Waals surface area contributed by atoms with Crippen LogP contribution in [0.3, 0.4) is 0 Å². The molecule has 0 unspecified atom stereocenters. The first-order valence-corrected chi connectivity index (χ1v) is 10.6. The van der Waals surface area contributed by atoms with Crippen molar-refractivity contribution in [2.45, 2.75) is 46.6 Å². The van der Waals surface area contributed by atoms with E-state index in [2.05, 4.69) is 34.5 Å². The molecule has 0 aliphatic heterocycles. The maximum absolute atomic E-state index is 13.3. The van der Waals surface area contributed by atoms with Gasteiger partial charge in [0.2, 0.25) is 5.88 Å². The molecule has 0 spiro atoms. The maximum Gasteiger partial charge on any atom is 0.219 e. The number of pyridine rings is 1. The number of aliphatic hydroxyl groups excluding tert-OH is 1. The first-order valence-electron chi connectivity index (χ1n) is 10.6. The third-order valence-corrected chi connectivity index (χ3v) is 5.35. The van der Waals surface area contributed by atoms with Gasteiger partial charge in [-0.3, -0.25) is 0 Å². The van der Waals surface area contributed by atoms with Gasteiger partial charge in [0.1, 0.15) is 11.6 Å². The molecule has 2 aromatic rings. The molecule has 0 amide bonds. The fourth-order valence-corrected chi connectivity index (χ4v) is 3.18. The van der Waals surface area contributed by atoms with Crippen LogP contribution < -0.4 is 15.4 Å². The van der Waals surface area contributed by atoms with Crippen molar-refractivity contribution in [2.75, 3.05) is 19.7 Å². The molecule has 0 atom stereocenters. The van der Waals surface area contributed by atoms with E-state index in [4.69, 9.17) is 4.74 Å². The summed E-state index contributed by atoms with van der Waals surface area (Å²) >= 11 is 0. The fraction of sp³-hybridized carbons (Fsp3) is 0.478. The van der Waals surface area contributed by atoms with Crippen LogP contribution in [-0.2, 0) is 6.54 Å². The summed E-state index contributed by atoms with van der Waals surface area (Å²) in [6.45, 7) is 8.51. The van der Waals surface area contributed by atoms with Crippen molar-refractivity contribution < 1.29 is 14.2 Å². The molecule has 0 aliphatic rings. The number of halogens is 2. The zero-order chi connectivity index (χ0) is 21.8. The van der Waals surface area contributed by atoms with Gasteiger partial charge in [0.15, 0.2) is 5.96 Å². The number of hydrogen-bond donors (Lipinski definition) is 3. The largest absolute Gasteiger partial charge is 0.439 e. The number of ether oxygens (including phenoxy) is 1. The van der Waals surface area contributed by atoms with Gasteiger partial charge in [-0.2, -0.15) is 0 Å². The molecule has 1 aromatic carbocycles. The average Bonchev–Trinajstić information content (AvgIpc) is 2.76. The zero-order valence-corrected chi connectivity index (χ0v) is 20.9. The Labute approximate surface area is 201 Å². The van der Waals surface area contributed by atoms with Gasteiger partial charge in [-0.1, -0.05) is 26.0 Å². The minimum Gasteiger partial charge on any atom is -0.439 e. The first-order chi connectivity index (χ1) is 14.5. The van der Waals surface area contributed by atoms with E-state index in [0.717, 1.165) is 43.9 Å². The SMILES string of the molecule is CCNC(=NCc1ccc(Oc2cccc(F)c2)nc1)NCC(CC)(CC)CCO.I. The van der Waals surface area contributed by atoms with Crippen LogP contribution in [0.1, 0.15) is 45.6 Å². The Morgan fingerprint density at radius 3 is 2.52 bits per heavy atom. The van der Waals surface area contributed by atoms with Gasteiger partial charge in [0.05, 0.1) is 6.54 Å². The van der Waals surface area contributed by atoms with Crippen molar-refractivity contribution in [3.8, 4) is 11.6 Å². The number of aliphatic imine (C=N–C) groups is 1. The van der Waals surface area contributed by atoms with Gasteiger partial charge in [-0.15, -0.1) is 24.0 Å². The summed E-state index contributed by atoms with van der Waals surface area (Å²) in [7, 11) is 0. The Balaban J connectivity index is 0.00000480. The molecule has 0 saturated heterocycles. The maximum atomic E-state index is 13.3. The van der Waals surface area contributed by atoms with Crippen molar-refractivity contribution >= 4 is 29.9 Å². The molecule has 8 heteroatoms. The molecular weight excluding hydrogens is 510 g/mol. The van der Waals surface area contributed by atoms with Gasteiger partial charge in [-0.05, 0) is 49.3 Å². The highest BCUT2D eigenvalue weighted by Crippen LogP contribution is 2.29. The standard InChI is InChI=1S/C23H33FN4O2.HI/c1-4-23(5-2,12-13-29)17-28-22(25-6-3)27-16-18-10-11-21(26-15-18)30-20-9-7-8-19(24)14-20;/h7-11,14-15,29H,4-6,12-13,16-17H2,1-3H3,(H2,25,27,28);1H. The molecule has 172 valence electrons. The number of benzene rings is 1. The lowest BCUT2D eigenvalue weighted by Crippen LogP contribution is -2.43. The molecule has 6 nitrogen and oxygen atoms in total. The van der Waals surface area contributed by atoms with Crippen LogP contribution in [-0.4, -0.2) is 35.7 Å². The van der Waals surface area contributed by atoms with Crippen molar-refractivity contribution in [3.05, 3.63) is 54.0 Å². The van der Waals surface area contributed by atoms with E-state index in [0.29, 0.717) is 18.2 Å². The molecule has 0 fully saturated rings. The summed E-state index contributed by atoms with van der Waals surface area (Å²) in [5, 5.41) is 16.1. The van der Waals surface area contributed by atoms with Crippen LogP contribution in [0.4, 0.5) is 4.39 Å². The third-order valence-electron chi connectivity index (χ3n) is 5.35. The number of aliphatic hydroxyl groups is 1. The zero-order valence-electron chi connectivity index (χ0n) is 18.5. The highest BCUT2D eigenvalue weighted by Gasteiger charge is 2.25. The molecule has 0 bridgehead atoms. The van der Waals surface area contributed by atoms with E-state index >= 15 is 0 Å². The predicted octanol–water partition coefficient (Wildman–Crippen LogP) is 4.87. The first kappa shape index (κ1) is 27.1. The summed E-state index contributed by atoms with van der Waals surface area (Å²) < 4.78 is 18.8. The Hall–Kier alpha value is -1.94. The molecule has 1 heterocycles. The van der Waals surface area contributed by atoms with Crippen LogP contribution in [0, 0.1) is 11.2 Å². The van der Waals surface area contributed by atoms with Crippen LogP contribution >= 0.6 is 24.0 Å².